The van der Waals surface area contributed by atoms with Crippen molar-refractivity contribution in [2.45, 2.75) is 19.1 Å². The molecule has 0 aliphatic carbocycles. The second-order valence-electron chi connectivity index (χ2n) is 7.92. The van der Waals surface area contributed by atoms with Crippen LogP contribution in [-0.2, 0) is 40.3 Å². The largest absolute Gasteiger partial charge is 0.433 e. The number of aryl methyl sites for hydroxylation is 3. The van der Waals surface area contributed by atoms with Gasteiger partial charge in [0, 0.05) is 51.0 Å². The van der Waals surface area contributed by atoms with Crippen molar-refractivity contribution >= 4 is 16.9 Å². The molecule has 5 heterocycles. The highest BCUT2D eigenvalue weighted by Gasteiger charge is 2.40. The number of aromatic nitrogens is 6. The Bertz CT molecular complexity index is 1360. The Labute approximate surface area is 180 Å². The van der Waals surface area contributed by atoms with Crippen molar-refractivity contribution in [1.29, 1.82) is 0 Å². The SMILES string of the molecule is Cn1nc2c(c1-c1cnn(C)c1C(F)(F)F)CCN(C(=O)c1ccnc3c1ccn3C)C2. The summed E-state index contributed by atoms with van der Waals surface area (Å²) < 4.78 is 45.0. The van der Waals surface area contributed by atoms with Crippen LogP contribution >= 0.6 is 0 Å². The van der Waals surface area contributed by atoms with Crippen LogP contribution in [0.25, 0.3) is 22.3 Å². The van der Waals surface area contributed by atoms with Crippen LogP contribution in [0.15, 0.2) is 30.7 Å². The highest BCUT2D eigenvalue weighted by molar-refractivity contribution is 6.05. The maximum atomic E-state index is 13.6. The van der Waals surface area contributed by atoms with Gasteiger partial charge in [-0.15, -0.1) is 0 Å². The third-order valence-corrected chi connectivity index (χ3v) is 5.95. The molecule has 0 saturated carbocycles. The van der Waals surface area contributed by atoms with E-state index in [1.54, 1.807) is 24.2 Å². The number of halogens is 3. The lowest BCUT2D eigenvalue weighted by atomic mass is 9.99. The quantitative estimate of drug-likeness (QED) is 0.478. The Hall–Kier alpha value is -3.63. The van der Waals surface area contributed by atoms with E-state index >= 15 is 0 Å². The summed E-state index contributed by atoms with van der Waals surface area (Å²) in [6.45, 7) is 0.600. The number of hydrogen-bond donors (Lipinski definition) is 0. The standard InChI is InChI=1S/C21H20F3N7O/c1-28-8-5-12-13(4-7-25-19(12)28)20(32)31-9-6-14-16(11-31)27-29(2)17(14)15-10-26-30(3)18(15)21(22,23)24/h4-5,7-8,10H,6,9,11H2,1-3H3. The number of rotatable bonds is 2. The monoisotopic (exact) mass is 443 g/mol. The van der Waals surface area contributed by atoms with Crippen molar-refractivity contribution in [2.24, 2.45) is 21.1 Å². The fourth-order valence-electron chi connectivity index (χ4n) is 4.50. The minimum absolute atomic E-state index is 0.00356. The van der Waals surface area contributed by atoms with Gasteiger partial charge < -0.3 is 9.47 Å². The smallest absolute Gasteiger partial charge is 0.336 e. The van der Waals surface area contributed by atoms with E-state index in [0.717, 1.165) is 15.6 Å². The predicted molar refractivity (Wildman–Crippen MR) is 110 cm³/mol. The number of alkyl halides is 3. The molecule has 0 bridgehead atoms. The molecule has 0 spiro atoms. The topological polar surface area (TPSA) is 73.8 Å². The molecule has 1 aliphatic heterocycles. The molecule has 1 aliphatic rings. The molecular formula is C21H20F3N7O. The molecular weight excluding hydrogens is 423 g/mol. The van der Waals surface area contributed by atoms with Gasteiger partial charge in [-0.2, -0.15) is 23.4 Å². The van der Waals surface area contributed by atoms with Crippen LogP contribution in [-0.4, -0.2) is 46.5 Å². The Morgan fingerprint density at radius 2 is 1.91 bits per heavy atom. The minimum Gasteiger partial charge on any atom is -0.336 e. The summed E-state index contributed by atoms with van der Waals surface area (Å²) in [5.74, 6) is -0.154. The number of fused-ring (bicyclic) bond motifs is 2. The van der Waals surface area contributed by atoms with Crippen molar-refractivity contribution in [3.63, 3.8) is 0 Å². The van der Waals surface area contributed by atoms with Crippen molar-refractivity contribution in [3.05, 3.63) is 53.2 Å². The Balaban J connectivity index is 1.51. The van der Waals surface area contributed by atoms with Gasteiger partial charge in [0.05, 0.1) is 35.3 Å². The number of hydrogen-bond acceptors (Lipinski definition) is 4. The maximum absolute atomic E-state index is 13.6. The average Bonchev–Trinajstić information content (AvgIpc) is 3.40. The van der Waals surface area contributed by atoms with Crippen LogP contribution in [0.1, 0.15) is 27.3 Å². The summed E-state index contributed by atoms with van der Waals surface area (Å²) in [6.07, 6.45) is 0.530. The molecule has 8 nitrogen and oxygen atoms in total. The number of pyridine rings is 1. The summed E-state index contributed by atoms with van der Waals surface area (Å²) in [5, 5.41) is 9.04. The van der Waals surface area contributed by atoms with Crippen LogP contribution in [0.3, 0.4) is 0 Å². The summed E-state index contributed by atoms with van der Waals surface area (Å²) in [6, 6.07) is 3.54. The van der Waals surface area contributed by atoms with Crippen molar-refractivity contribution in [1.82, 2.24) is 34.0 Å². The van der Waals surface area contributed by atoms with Crippen molar-refractivity contribution < 1.29 is 18.0 Å². The van der Waals surface area contributed by atoms with Gasteiger partial charge in [-0.05, 0) is 18.6 Å². The first kappa shape index (κ1) is 20.3. The molecule has 11 heteroatoms. The van der Waals surface area contributed by atoms with Gasteiger partial charge >= 0.3 is 6.18 Å². The normalized spacial score (nSPS) is 14.2. The average molecular weight is 443 g/mol. The molecule has 0 aromatic carbocycles. The van der Waals surface area contributed by atoms with Crippen LogP contribution in [0.5, 0.6) is 0 Å². The van der Waals surface area contributed by atoms with E-state index in [-0.39, 0.29) is 18.0 Å². The zero-order valence-corrected chi connectivity index (χ0v) is 17.7. The third kappa shape index (κ3) is 2.99. The third-order valence-electron chi connectivity index (χ3n) is 5.95. The lowest BCUT2D eigenvalue weighted by molar-refractivity contribution is -0.143. The van der Waals surface area contributed by atoms with Crippen molar-refractivity contribution in [3.8, 4) is 11.3 Å². The molecule has 0 saturated heterocycles. The number of amides is 1. The fourth-order valence-corrected chi connectivity index (χ4v) is 4.50. The Morgan fingerprint density at radius 3 is 2.66 bits per heavy atom. The Morgan fingerprint density at radius 1 is 1.12 bits per heavy atom. The highest BCUT2D eigenvalue weighted by atomic mass is 19.4. The highest BCUT2D eigenvalue weighted by Crippen LogP contribution is 2.39. The zero-order valence-electron chi connectivity index (χ0n) is 17.7. The van der Waals surface area contributed by atoms with E-state index < -0.39 is 11.9 Å². The summed E-state index contributed by atoms with van der Waals surface area (Å²) >= 11 is 0. The predicted octanol–water partition coefficient (Wildman–Crippen LogP) is 2.92. The van der Waals surface area contributed by atoms with Crippen LogP contribution in [0.2, 0.25) is 0 Å². The zero-order chi connectivity index (χ0) is 22.8. The molecule has 0 atom stereocenters. The van der Waals surface area contributed by atoms with Crippen LogP contribution in [0.4, 0.5) is 13.2 Å². The first-order valence-electron chi connectivity index (χ1n) is 10.0. The van der Waals surface area contributed by atoms with E-state index in [2.05, 4.69) is 15.2 Å². The van der Waals surface area contributed by atoms with Gasteiger partial charge in [-0.25, -0.2) is 4.98 Å². The second-order valence-corrected chi connectivity index (χ2v) is 7.92. The summed E-state index contributed by atoms with van der Waals surface area (Å²) in [5.41, 5.74) is 2.14. The second kappa shape index (κ2) is 6.94. The first-order chi connectivity index (χ1) is 15.2. The van der Waals surface area contributed by atoms with E-state index in [0.29, 0.717) is 35.6 Å². The molecule has 166 valence electrons. The van der Waals surface area contributed by atoms with Crippen LogP contribution < -0.4 is 0 Å². The van der Waals surface area contributed by atoms with E-state index in [4.69, 9.17) is 0 Å². The van der Waals surface area contributed by atoms with Gasteiger partial charge in [0.2, 0.25) is 0 Å². The summed E-state index contributed by atoms with van der Waals surface area (Å²) in [7, 11) is 4.75. The molecule has 0 unspecified atom stereocenters. The van der Waals surface area contributed by atoms with Gasteiger partial charge in [0.25, 0.3) is 5.91 Å². The molecule has 0 radical (unpaired) electrons. The van der Waals surface area contributed by atoms with Gasteiger partial charge in [-0.1, -0.05) is 0 Å². The number of nitrogens with zero attached hydrogens (tertiary/aromatic N) is 7. The lowest BCUT2D eigenvalue weighted by Crippen LogP contribution is -2.36. The molecule has 0 fully saturated rings. The van der Waals surface area contributed by atoms with E-state index in [1.807, 2.05) is 23.9 Å². The molecule has 4 aromatic heterocycles. The molecule has 1 amide bonds. The first-order valence-corrected chi connectivity index (χ1v) is 10.0. The maximum Gasteiger partial charge on any atom is 0.433 e. The van der Waals surface area contributed by atoms with Gasteiger partial charge in [-0.3, -0.25) is 14.2 Å². The lowest BCUT2D eigenvalue weighted by Gasteiger charge is -2.27. The Kier molecular flexibility index (Phi) is 4.40. The molecule has 5 rings (SSSR count). The van der Waals surface area contributed by atoms with Gasteiger partial charge in [0.15, 0.2) is 5.69 Å². The van der Waals surface area contributed by atoms with E-state index in [1.165, 1.54) is 17.9 Å². The number of carbonyl (C=O) groups is 1. The van der Waals surface area contributed by atoms with E-state index in [9.17, 15) is 18.0 Å². The number of carbonyl (C=O) groups excluding carboxylic acids is 1. The van der Waals surface area contributed by atoms with Gasteiger partial charge in [0.1, 0.15) is 5.65 Å². The fraction of sp³-hybridized carbons (Fsp3) is 0.333. The van der Waals surface area contributed by atoms with Crippen molar-refractivity contribution in [2.75, 3.05) is 6.54 Å². The summed E-state index contributed by atoms with van der Waals surface area (Å²) in [4.78, 5) is 19.3. The molecule has 0 N–H and O–H groups in total. The molecule has 32 heavy (non-hydrogen) atoms. The molecule has 4 aromatic rings. The minimum atomic E-state index is -4.54. The van der Waals surface area contributed by atoms with Crippen LogP contribution in [0, 0.1) is 0 Å².